The molecular formula is C25H28N2O4S. The van der Waals surface area contributed by atoms with Crippen LogP contribution < -0.4 is 14.4 Å². The zero-order valence-corrected chi connectivity index (χ0v) is 19.5. The minimum atomic E-state index is -3.50. The van der Waals surface area contributed by atoms with Gasteiger partial charge in [-0.3, -0.25) is 9.10 Å². The van der Waals surface area contributed by atoms with Gasteiger partial charge in [-0.1, -0.05) is 42.0 Å². The van der Waals surface area contributed by atoms with Gasteiger partial charge in [-0.05, 0) is 61.4 Å². The van der Waals surface area contributed by atoms with Crippen LogP contribution in [0.5, 0.6) is 5.75 Å². The summed E-state index contributed by atoms with van der Waals surface area (Å²) in [4.78, 5) is 12.7. The molecule has 0 fully saturated rings. The largest absolute Gasteiger partial charge is 0.497 e. The van der Waals surface area contributed by atoms with E-state index in [1.54, 1.807) is 31.4 Å². The van der Waals surface area contributed by atoms with Crippen LogP contribution in [0, 0.1) is 6.92 Å². The van der Waals surface area contributed by atoms with Gasteiger partial charge >= 0.3 is 0 Å². The van der Waals surface area contributed by atoms with Gasteiger partial charge < -0.3 is 10.1 Å². The van der Waals surface area contributed by atoms with E-state index in [0.29, 0.717) is 11.3 Å². The second-order valence-corrected chi connectivity index (χ2v) is 9.68. The number of sulfonamides is 1. The SMILES string of the molecule is COc1ccc([C@H](C)NC(=O)c2ccc(N(Cc3ccc(C)cc3)S(C)(=O)=O)cc2)cc1. The van der Waals surface area contributed by atoms with Crippen molar-refractivity contribution in [3.05, 3.63) is 95.1 Å². The van der Waals surface area contributed by atoms with Crippen molar-refractivity contribution in [2.24, 2.45) is 0 Å². The number of nitrogens with one attached hydrogen (secondary N) is 1. The average Bonchev–Trinajstić information content (AvgIpc) is 2.78. The molecule has 7 heteroatoms. The van der Waals surface area contributed by atoms with E-state index in [2.05, 4.69) is 5.32 Å². The quantitative estimate of drug-likeness (QED) is 0.548. The van der Waals surface area contributed by atoms with Gasteiger partial charge in [-0.15, -0.1) is 0 Å². The lowest BCUT2D eigenvalue weighted by Crippen LogP contribution is -2.29. The fraction of sp³-hybridized carbons (Fsp3) is 0.240. The summed E-state index contributed by atoms with van der Waals surface area (Å²) in [5.74, 6) is 0.522. The Morgan fingerprint density at radius 2 is 1.56 bits per heavy atom. The lowest BCUT2D eigenvalue weighted by atomic mass is 10.1. The highest BCUT2D eigenvalue weighted by atomic mass is 32.2. The molecule has 0 heterocycles. The zero-order chi connectivity index (χ0) is 23.3. The maximum absolute atomic E-state index is 12.7. The second kappa shape index (κ2) is 9.87. The summed E-state index contributed by atoms with van der Waals surface area (Å²) in [5, 5.41) is 2.96. The van der Waals surface area contributed by atoms with E-state index >= 15 is 0 Å². The van der Waals surface area contributed by atoms with Crippen molar-refractivity contribution in [1.29, 1.82) is 0 Å². The summed E-state index contributed by atoms with van der Waals surface area (Å²) in [5.41, 5.74) is 3.91. The van der Waals surface area contributed by atoms with Crippen LogP contribution >= 0.6 is 0 Å². The number of benzene rings is 3. The predicted octanol–water partition coefficient (Wildman–Crippen LogP) is 4.46. The van der Waals surface area contributed by atoms with Gasteiger partial charge in [0.2, 0.25) is 10.0 Å². The van der Waals surface area contributed by atoms with E-state index in [1.165, 1.54) is 10.6 Å². The van der Waals surface area contributed by atoms with Crippen LogP contribution in [0.15, 0.2) is 72.8 Å². The Morgan fingerprint density at radius 3 is 2.09 bits per heavy atom. The number of carbonyl (C=O) groups is 1. The summed E-state index contributed by atoms with van der Waals surface area (Å²) in [6, 6.07) is 21.6. The van der Waals surface area contributed by atoms with Crippen LogP contribution in [0.4, 0.5) is 5.69 Å². The van der Waals surface area contributed by atoms with Crippen molar-refractivity contribution in [2.45, 2.75) is 26.4 Å². The normalized spacial score (nSPS) is 12.1. The zero-order valence-electron chi connectivity index (χ0n) is 18.7. The van der Waals surface area contributed by atoms with Crippen molar-refractivity contribution in [3.8, 4) is 5.75 Å². The first kappa shape index (κ1) is 23.3. The van der Waals surface area contributed by atoms with Gasteiger partial charge in [-0.2, -0.15) is 0 Å². The molecule has 168 valence electrons. The first-order chi connectivity index (χ1) is 15.2. The molecule has 32 heavy (non-hydrogen) atoms. The molecule has 1 N–H and O–H groups in total. The Kier molecular flexibility index (Phi) is 7.20. The second-order valence-electron chi connectivity index (χ2n) is 7.77. The molecule has 3 aromatic carbocycles. The van der Waals surface area contributed by atoms with Crippen LogP contribution in [-0.2, 0) is 16.6 Å². The monoisotopic (exact) mass is 452 g/mol. The average molecular weight is 453 g/mol. The van der Waals surface area contributed by atoms with Crippen LogP contribution in [0.1, 0.15) is 40.0 Å². The van der Waals surface area contributed by atoms with Gasteiger partial charge in [-0.25, -0.2) is 8.42 Å². The Morgan fingerprint density at radius 1 is 0.969 bits per heavy atom. The summed E-state index contributed by atoms with van der Waals surface area (Å²) in [6.07, 6.45) is 1.18. The predicted molar refractivity (Wildman–Crippen MR) is 128 cm³/mol. The molecule has 1 atom stereocenters. The first-order valence-corrected chi connectivity index (χ1v) is 12.1. The van der Waals surface area contributed by atoms with E-state index < -0.39 is 10.0 Å². The number of rotatable bonds is 8. The van der Waals surface area contributed by atoms with Crippen LogP contribution in [0.2, 0.25) is 0 Å². The lowest BCUT2D eigenvalue weighted by molar-refractivity contribution is 0.0940. The molecule has 6 nitrogen and oxygen atoms in total. The van der Waals surface area contributed by atoms with Crippen LogP contribution in [0.3, 0.4) is 0 Å². The molecule has 0 bridgehead atoms. The van der Waals surface area contributed by atoms with E-state index in [1.807, 2.05) is 62.4 Å². The minimum absolute atomic E-state index is 0.192. The topological polar surface area (TPSA) is 75.7 Å². The van der Waals surface area contributed by atoms with Crippen molar-refractivity contribution in [1.82, 2.24) is 5.32 Å². The number of aryl methyl sites for hydroxylation is 1. The maximum atomic E-state index is 12.7. The number of carbonyl (C=O) groups excluding carboxylic acids is 1. The highest BCUT2D eigenvalue weighted by Crippen LogP contribution is 2.22. The number of hydrogen-bond donors (Lipinski definition) is 1. The van der Waals surface area contributed by atoms with Gasteiger partial charge in [0.1, 0.15) is 5.75 Å². The smallest absolute Gasteiger partial charge is 0.251 e. The molecule has 0 spiro atoms. The van der Waals surface area contributed by atoms with E-state index in [0.717, 1.165) is 22.4 Å². The molecule has 0 aliphatic heterocycles. The lowest BCUT2D eigenvalue weighted by Gasteiger charge is -2.23. The standard InChI is InChI=1S/C25H28N2O4S/c1-18-5-7-20(8-6-18)17-27(32(4,29)30)23-13-9-22(10-14-23)25(28)26-19(2)21-11-15-24(31-3)16-12-21/h5-16,19H,17H2,1-4H3,(H,26,28)/t19-/m0/s1. The molecule has 0 unspecified atom stereocenters. The van der Waals surface area contributed by atoms with E-state index in [-0.39, 0.29) is 18.5 Å². The number of methoxy groups -OCH3 is 1. The highest BCUT2D eigenvalue weighted by Gasteiger charge is 2.19. The summed E-state index contributed by atoms with van der Waals surface area (Å²) < 4.78 is 31.3. The van der Waals surface area contributed by atoms with Crippen molar-refractivity contribution >= 4 is 21.6 Å². The number of ether oxygens (including phenoxy) is 1. The summed E-state index contributed by atoms with van der Waals surface area (Å²) >= 11 is 0. The maximum Gasteiger partial charge on any atom is 0.251 e. The van der Waals surface area contributed by atoms with Gasteiger partial charge in [0.05, 0.1) is 31.6 Å². The fourth-order valence-electron chi connectivity index (χ4n) is 3.29. The Hall–Kier alpha value is -3.32. The third kappa shape index (κ3) is 5.88. The van der Waals surface area contributed by atoms with Crippen molar-refractivity contribution in [2.75, 3.05) is 17.7 Å². The Bertz CT molecular complexity index is 1160. The number of amides is 1. The van der Waals surface area contributed by atoms with Crippen LogP contribution in [-0.4, -0.2) is 27.7 Å². The molecule has 3 rings (SSSR count). The summed E-state index contributed by atoms with van der Waals surface area (Å²) in [6.45, 7) is 4.11. The van der Waals surface area contributed by atoms with Gasteiger partial charge in [0.15, 0.2) is 0 Å². The van der Waals surface area contributed by atoms with Gasteiger partial charge in [0, 0.05) is 5.56 Å². The molecule has 0 aliphatic rings. The van der Waals surface area contributed by atoms with Crippen molar-refractivity contribution < 1.29 is 17.9 Å². The molecule has 0 aromatic heterocycles. The van der Waals surface area contributed by atoms with E-state index in [9.17, 15) is 13.2 Å². The van der Waals surface area contributed by atoms with Crippen molar-refractivity contribution in [3.63, 3.8) is 0 Å². The third-order valence-corrected chi connectivity index (χ3v) is 6.37. The fourth-order valence-corrected chi connectivity index (χ4v) is 4.18. The molecule has 3 aromatic rings. The molecule has 0 aliphatic carbocycles. The molecular weight excluding hydrogens is 424 g/mol. The number of nitrogens with zero attached hydrogens (tertiary/aromatic N) is 1. The Labute approximate surface area is 189 Å². The number of hydrogen-bond acceptors (Lipinski definition) is 4. The number of anilines is 1. The van der Waals surface area contributed by atoms with E-state index in [4.69, 9.17) is 4.74 Å². The summed E-state index contributed by atoms with van der Waals surface area (Å²) in [7, 11) is -1.89. The highest BCUT2D eigenvalue weighted by molar-refractivity contribution is 7.92. The molecule has 1 amide bonds. The van der Waals surface area contributed by atoms with Gasteiger partial charge in [0.25, 0.3) is 5.91 Å². The molecule has 0 saturated heterocycles. The van der Waals surface area contributed by atoms with Crippen LogP contribution in [0.25, 0.3) is 0 Å². The Balaban J connectivity index is 1.73. The third-order valence-electron chi connectivity index (χ3n) is 5.23. The molecule has 0 radical (unpaired) electrons. The minimum Gasteiger partial charge on any atom is -0.497 e. The first-order valence-electron chi connectivity index (χ1n) is 10.3. The molecule has 0 saturated carbocycles.